The topological polar surface area (TPSA) is 97.3 Å². The van der Waals surface area contributed by atoms with Gasteiger partial charge in [0.1, 0.15) is 16.3 Å². The van der Waals surface area contributed by atoms with Crippen LogP contribution in [0.1, 0.15) is 45.9 Å². The number of nitrogens with zero attached hydrogens (tertiary/aromatic N) is 7. The molecule has 4 aromatic rings. The van der Waals surface area contributed by atoms with Crippen LogP contribution in [0.25, 0.3) is 22.0 Å². The van der Waals surface area contributed by atoms with Crippen LogP contribution in [0.5, 0.6) is 0 Å². The maximum absolute atomic E-state index is 13.0. The van der Waals surface area contributed by atoms with Crippen LogP contribution in [0.15, 0.2) is 29.3 Å². The number of hydrogen-bond donors (Lipinski definition) is 0. The standard InChI is InChI=1S/C25H31N7O3S/c1-14-8-19(28-31-10-15(2)26-22(14)31)18-9-20(33)30-13-21(36-23(30)27-18)29-11-16(3)32(17(4)12-29)24(34)35-25(5,6)7/h8-10,13,16-17H,11-12H2,1-7H3. The third-order valence-electron chi connectivity index (χ3n) is 6.18. The third-order valence-corrected chi connectivity index (χ3v) is 7.23. The molecule has 5 rings (SSSR count). The number of amides is 1. The number of fused-ring (bicyclic) bond motifs is 2. The normalized spacial score (nSPS) is 18.9. The number of rotatable bonds is 2. The van der Waals surface area contributed by atoms with Crippen LogP contribution >= 0.6 is 11.3 Å². The summed E-state index contributed by atoms with van der Waals surface area (Å²) in [6.45, 7) is 14.8. The number of carbonyl (C=O) groups excluding carboxylic acids is 1. The molecule has 10 nitrogen and oxygen atoms in total. The first-order valence-corrected chi connectivity index (χ1v) is 12.8. The van der Waals surface area contributed by atoms with Crippen molar-refractivity contribution in [2.75, 3.05) is 18.0 Å². The number of anilines is 1. The summed E-state index contributed by atoms with van der Waals surface area (Å²) in [4.78, 5) is 39.7. The fourth-order valence-corrected chi connectivity index (χ4v) is 5.72. The second kappa shape index (κ2) is 8.58. The Bertz CT molecular complexity index is 1520. The molecule has 5 heterocycles. The van der Waals surface area contributed by atoms with Gasteiger partial charge in [0.05, 0.1) is 29.7 Å². The molecule has 0 saturated carbocycles. The fraction of sp³-hybridized carbons (Fsp3) is 0.480. The first-order chi connectivity index (χ1) is 16.9. The van der Waals surface area contributed by atoms with E-state index in [1.165, 1.54) is 17.4 Å². The molecule has 0 N–H and O–H groups in total. The Labute approximate surface area is 213 Å². The molecule has 1 amide bonds. The van der Waals surface area contributed by atoms with Gasteiger partial charge in [0.25, 0.3) is 5.56 Å². The highest BCUT2D eigenvalue weighted by molar-refractivity contribution is 7.20. The van der Waals surface area contributed by atoms with E-state index in [1.807, 2.05) is 66.9 Å². The molecule has 4 aromatic heterocycles. The molecule has 0 spiro atoms. The molecule has 2 unspecified atom stereocenters. The summed E-state index contributed by atoms with van der Waals surface area (Å²) >= 11 is 1.46. The van der Waals surface area contributed by atoms with E-state index in [4.69, 9.17) is 9.72 Å². The Hall–Kier alpha value is -3.47. The van der Waals surface area contributed by atoms with Crippen molar-refractivity contribution < 1.29 is 9.53 Å². The van der Waals surface area contributed by atoms with Gasteiger partial charge in [-0.15, -0.1) is 0 Å². The minimum Gasteiger partial charge on any atom is -0.444 e. The fourth-order valence-electron chi connectivity index (χ4n) is 4.72. The predicted molar refractivity (Wildman–Crippen MR) is 140 cm³/mol. The predicted octanol–water partition coefficient (Wildman–Crippen LogP) is 3.92. The van der Waals surface area contributed by atoms with Gasteiger partial charge in [-0.25, -0.2) is 19.3 Å². The minimum atomic E-state index is -0.543. The van der Waals surface area contributed by atoms with Crippen LogP contribution in [0.2, 0.25) is 0 Å². The number of imidazole rings is 1. The minimum absolute atomic E-state index is 0.0495. The van der Waals surface area contributed by atoms with Crippen LogP contribution in [0.4, 0.5) is 9.80 Å². The molecule has 36 heavy (non-hydrogen) atoms. The van der Waals surface area contributed by atoms with Gasteiger partial charge in [0.2, 0.25) is 0 Å². The van der Waals surface area contributed by atoms with E-state index in [9.17, 15) is 9.59 Å². The number of piperazine rings is 1. The summed E-state index contributed by atoms with van der Waals surface area (Å²) in [5.41, 5.74) is 3.09. The maximum atomic E-state index is 13.0. The van der Waals surface area contributed by atoms with Gasteiger partial charge in [-0.1, -0.05) is 11.3 Å². The van der Waals surface area contributed by atoms with E-state index in [1.54, 1.807) is 13.8 Å². The van der Waals surface area contributed by atoms with Crippen LogP contribution in [-0.2, 0) is 4.74 Å². The van der Waals surface area contributed by atoms with Gasteiger partial charge in [-0.2, -0.15) is 5.10 Å². The number of thiazole rings is 1. The molecule has 11 heteroatoms. The Balaban J connectivity index is 1.44. The number of aromatic nitrogens is 5. The average molecular weight is 510 g/mol. The number of hydrogen-bond acceptors (Lipinski definition) is 8. The second-order valence-electron chi connectivity index (χ2n) is 10.6. The summed E-state index contributed by atoms with van der Waals surface area (Å²) in [6, 6.07) is 3.33. The molecule has 1 aliphatic rings. The number of carbonyl (C=O) groups is 1. The summed E-state index contributed by atoms with van der Waals surface area (Å²) in [7, 11) is 0. The SMILES string of the molecule is Cc1cn2nc(-c3cc(=O)n4cc(N5CC(C)N(C(=O)OC(C)(C)C)C(C)C5)sc4n3)cc(C)c2n1. The molecule has 1 fully saturated rings. The zero-order chi connectivity index (χ0) is 25.9. The highest BCUT2D eigenvalue weighted by Crippen LogP contribution is 2.30. The van der Waals surface area contributed by atoms with Gasteiger partial charge in [0.15, 0.2) is 10.6 Å². The lowest BCUT2D eigenvalue weighted by Gasteiger charge is -2.44. The Kier molecular flexibility index (Phi) is 5.77. The average Bonchev–Trinajstić information content (AvgIpc) is 3.35. The zero-order valence-electron chi connectivity index (χ0n) is 21.6. The Morgan fingerprint density at radius 3 is 2.42 bits per heavy atom. The van der Waals surface area contributed by atoms with E-state index >= 15 is 0 Å². The summed E-state index contributed by atoms with van der Waals surface area (Å²) in [5, 5.41) is 5.56. The molecule has 0 radical (unpaired) electrons. The maximum Gasteiger partial charge on any atom is 0.410 e. The van der Waals surface area contributed by atoms with Crippen LogP contribution < -0.4 is 10.5 Å². The van der Waals surface area contributed by atoms with Crippen molar-refractivity contribution in [2.45, 2.75) is 66.2 Å². The van der Waals surface area contributed by atoms with Gasteiger partial charge >= 0.3 is 6.09 Å². The molecule has 1 aliphatic heterocycles. The Morgan fingerprint density at radius 2 is 1.75 bits per heavy atom. The summed E-state index contributed by atoms with van der Waals surface area (Å²) in [6.07, 6.45) is 3.40. The highest BCUT2D eigenvalue weighted by atomic mass is 32.1. The van der Waals surface area contributed by atoms with E-state index in [0.29, 0.717) is 29.4 Å². The lowest BCUT2D eigenvalue weighted by Crippen LogP contribution is -2.59. The molecule has 2 atom stereocenters. The quantitative estimate of drug-likeness (QED) is 0.404. The first kappa shape index (κ1) is 24.2. The lowest BCUT2D eigenvalue weighted by molar-refractivity contribution is 0.00570. The number of aryl methyl sites for hydroxylation is 2. The molecule has 0 bridgehead atoms. The van der Waals surface area contributed by atoms with Crippen molar-refractivity contribution in [3.8, 4) is 11.4 Å². The molecular formula is C25H31N7O3S. The van der Waals surface area contributed by atoms with Gasteiger partial charge in [0, 0.05) is 25.4 Å². The van der Waals surface area contributed by atoms with Crippen molar-refractivity contribution in [1.29, 1.82) is 0 Å². The highest BCUT2D eigenvalue weighted by Gasteiger charge is 2.36. The number of ether oxygens (including phenoxy) is 1. The molecular weight excluding hydrogens is 478 g/mol. The first-order valence-electron chi connectivity index (χ1n) is 12.0. The summed E-state index contributed by atoms with van der Waals surface area (Å²) in [5.74, 6) is 0. The van der Waals surface area contributed by atoms with Gasteiger partial charge in [-0.05, 0) is 60.1 Å². The molecule has 1 saturated heterocycles. The van der Waals surface area contributed by atoms with E-state index < -0.39 is 5.60 Å². The van der Waals surface area contributed by atoms with Crippen molar-refractivity contribution in [2.24, 2.45) is 0 Å². The molecule has 0 aliphatic carbocycles. The van der Waals surface area contributed by atoms with Crippen molar-refractivity contribution in [3.63, 3.8) is 0 Å². The molecule has 0 aromatic carbocycles. The van der Waals surface area contributed by atoms with Gasteiger partial charge < -0.3 is 9.64 Å². The second-order valence-corrected chi connectivity index (χ2v) is 11.5. The third kappa shape index (κ3) is 4.43. The Morgan fingerprint density at radius 1 is 1.06 bits per heavy atom. The zero-order valence-corrected chi connectivity index (χ0v) is 22.5. The van der Waals surface area contributed by atoms with Crippen LogP contribution in [0.3, 0.4) is 0 Å². The van der Waals surface area contributed by atoms with Gasteiger partial charge in [-0.3, -0.25) is 14.1 Å². The molecule has 190 valence electrons. The largest absolute Gasteiger partial charge is 0.444 e. The smallest absolute Gasteiger partial charge is 0.410 e. The van der Waals surface area contributed by atoms with Crippen LogP contribution in [-0.4, -0.2) is 65.8 Å². The van der Waals surface area contributed by atoms with E-state index in [2.05, 4.69) is 15.0 Å². The summed E-state index contributed by atoms with van der Waals surface area (Å²) < 4.78 is 8.93. The van der Waals surface area contributed by atoms with E-state index in [-0.39, 0.29) is 23.7 Å². The van der Waals surface area contributed by atoms with Crippen molar-refractivity contribution in [3.05, 3.63) is 46.1 Å². The van der Waals surface area contributed by atoms with Crippen LogP contribution in [0, 0.1) is 13.8 Å². The van der Waals surface area contributed by atoms with Crippen molar-refractivity contribution in [1.82, 2.24) is 28.9 Å². The van der Waals surface area contributed by atoms with E-state index in [0.717, 1.165) is 21.9 Å². The monoisotopic (exact) mass is 509 g/mol. The van der Waals surface area contributed by atoms with Crippen molar-refractivity contribution >= 4 is 33.0 Å². The lowest BCUT2D eigenvalue weighted by atomic mass is 10.1.